The first-order valence-corrected chi connectivity index (χ1v) is 7.87. The van der Waals surface area contributed by atoms with Crippen LogP contribution in [0.4, 0.5) is 0 Å². The summed E-state index contributed by atoms with van der Waals surface area (Å²) in [5.41, 5.74) is 0. The molecule has 1 aromatic heterocycles. The van der Waals surface area contributed by atoms with Crippen LogP contribution in [0.5, 0.6) is 11.5 Å². The van der Waals surface area contributed by atoms with Gasteiger partial charge in [0.15, 0.2) is 11.5 Å². The van der Waals surface area contributed by atoms with Crippen molar-refractivity contribution in [2.24, 2.45) is 0 Å². The van der Waals surface area contributed by atoms with Gasteiger partial charge in [-0.15, -0.1) is 11.3 Å². The minimum atomic E-state index is -0.134. The van der Waals surface area contributed by atoms with Crippen LogP contribution in [0.3, 0.4) is 0 Å². The van der Waals surface area contributed by atoms with Crippen molar-refractivity contribution in [3.8, 4) is 11.5 Å². The van der Waals surface area contributed by atoms with Crippen molar-refractivity contribution in [3.05, 3.63) is 46.7 Å². The highest BCUT2D eigenvalue weighted by atomic mass is 32.1. The van der Waals surface area contributed by atoms with Gasteiger partial charge in [0.25, 0.3) is 0 Å². The molecule has 2 aromatic rings. The molecule has 4 nitrogen and oxygen atoms in total. The molecule has 0 saturated heterocycles. The number of thiophene rings is 1. The minimum absolute atomic E-state index is 0.0471. The first kappa shape index (κ1) is 13.9. The second kappa shape index (κ2) is 6.63. The Balaban J connectivity index is 1.42. The molecule has 0 fully saturated rings. The fourth-order valence-electron chi connectivity index (χ4n) is 2.17. The van der Waals surface area contributed by atoms with Crippen LogP contribution >= 0.6 is 11.3 Å². The molecule has 0 saturated carbocycles. The van der Waals surface area contributed by atoms with Crippen LogP contribution in [0.25, 0.3) is 0 Å². The fourth-order valence-corrected chi connectivity index (χ4v) is 2.88. The monoisotopic (exact) mass is 303 g/mol. The van der Waals surface area contributed by atoms with Crippen molar-refractivity contribution in [2.75, 3.05) is 13.2 Å². The summed E-state index contributed by atoms with van der Waals surface area (Å²) in [5.74, 6) is 1.55. The van der Waals surface area contributed by atoms with Crippen molar-refractivity contribution >= 4 is 17.2 Å². The summed E-state index contributed by atoms with van der Waals surface area (Å²) in [5, 5.41) is 4.93. The maximum Gasteiger partial charge on any atom is 0.220 e. The van der Waals surface area contributed by atoms with Crippen molar-refractivity contribution < 1.29 is 14.3 Å². The summed E-state index contributed by atoms with van der Waals surface area (Å²) in [6.07, 6.45) is 1.16. The van der Waals surface area contributed by atoms with Gasteiger partial charge < -0.3 is 14.8 Å². The number of nitrogens with one attached hydrogen (secondary N) is 1. The lowest BCUT2D eigenvalue weighted by Gasteiger charge is -2.26. The number of para-hydroxylation sites is 2. The Morgan fingerprint density at radius 1 is 1.24 bits per heavy atom. The molecule has 0 spiro atoms. The second-order valence-electron chi connectivity index (χ2n) is 4.88. The van der Waals surface area contributed by atoms with Gasteiger partial charge in [-0.05, 0) is 30.0 Å². The SMILES string of the molecule is O=C(CCc1cccs1)NC[C@@H]1COc2ccccc2O1. The molecule has 0 aliphatic carbocycles. The molecule has 3 rings (SSSR count). The molecule has 2 heterocycles. The summed E-state index contributed by atoms with van der Waals surface area (Å²) in [7, 11) is 0. The van der Waals surface area contributed by atoms with Gasteiger partial charge in [0.1, 0.15) is 12.7 Å². The van der Waals surface area contributed by atoms with E-state index in [2.05, 4.69) is 5.32 Å². The Kier molecular flexibility index (Phi) is 4.40. The topological polar surface area (TPSA) is 47.6 Å². The fraction of sp³-hybridized carbons (Fsp3) is 0.312. The maximum atomic E-state index is 11.8. The average molecular weight is 303 g/mol. The standard InChI is InChI=1S/C16H17NO3S/c18-16(8-7-13-4-3-9-21-13)17-10-12-11-19-14-5-1-2-6-15(14)20-12/h1-6,9,12H,7-8,10-11H2,(H,17,18)/t12-/m1/s1. The summed E-state index contributed by atoms with van der Waals surface area (Å²) < 4.78 is 11.4. The van der Waals surface area contributed by atoms with E-state index in [1.54, 1.807) is 11.3 Å². The number of rotatable bonds is 5. The number of aryl methyl sites for hydroxylation is 1. The smallest absolute Gasteiger partial charge is 0.220 e. The molecule has 1 aliphatic heterocycles. The van der Waals surface area contributed by atoms with Crippen LogP contribution in [-0.4, -0.2) is 25.2 Å². The van der Waals surface area contributed by atoms with E-state index in [9.17, 15) is 4.79 Å². The van der Waals surface area contributed by atoms with Crippen LogP contribution in [0.15, 0.2) is 41.8 Å². The van der Waals surface area contributed by atoms with Crippen LogP contribution < -0.4 is 14.8 Å². The highest BCUT2D eigenvalue weighted by Crippen LogP contribution is 2.30. The van der Waals surface area contributed by atoms with E-state index in [0.29, 0.717) is 19.6 Å². The maximum absolute atomic E-state index is 11.8. The van der Waals surface area contributed by atoms with Gasteiger partial charge in [-0.2, -0.15) is 0 Å². The summed E-state index contributed by atoms with van der Waals surface area (Å²) in [6, 6.07) is 11.6. The van der Waals surface area contributed by atoms with Crippen molar-refractivity contribution in [3.63, 3.8) is 0 Å². The molecule has 5 heteroatoms. The lowest BCUT2D eigenvalue weighted by molar-refractivity contribution is -0.121. The first-order chi connectivity index (χ1) is 10.3. The number of carbonyl (C=O) groups excluding carboxylic acids is 1. The van der Waals surface area contributed by atoms with Gasteiger partial charge in [0, 0.05) is 11.3 Å². The molecule has 1 aliphatic rings. The predicted octanol–water partition coefficient (Wildman–Crippen LogP) is 2.64. The summed E-state index contributed by atoms with van der Waals surface area (Å²) in [6.45, 7) is 0.930. The zero-order chi connectivity index (χ0) is 14.5. The molecular formula is C16H17NO3S. The number of hydrogen-bond donors (Lipinski definition) is 1. The molecular weight excluding hydrogens is 286 g/mol. The molecule has 110 valence electrons. The summed E-state index contributed by atoms with van der Waals surface area (Å²) in [4.78, 5) is 13.1. The number of ether oxygens (including phenoxy) is 2. The van der Waals surface area contributed by atoms with E-state index in [4.69, 9.17) is 9.47 Å². The number of fused-ring (bicyclic) bond motifs is 1. The predicted molar refractivity (Wildman–Crippen MR) is 82.0 cm³/mol. The van der Waals surface area contributed by atoms with Gasteiger partial charge in [0.2, 0.25) is 5.91 Å². The van der Waals surface area contributed by atoms with Crippen molar-refractivity contribution in [1.82, 2.24) is 5.32 Å². The molecule has 1 atom stereocenters. The van der Waals surface area contributed by atoms with Crippen LogP contribution in [0.1, 0.15) is 11.3 Å². The van der Waals surface area contributed by atoms with Crippen LogP contribution in [-0.2, 0) is 11.2 Å². The Labute approximate surface area is 127 Å². The van der Waals surface area contributed by atoms with E-state index < -0.39 is 0 Å². The minimum Gasteiger partial charge on any atom is -0.486 e. The third-order valence-electron chi connectivity index (χ3n) is 3.27. The number of carbonyl (C=O) groups is 1. The Morgan fingerprint density at radius 3 is 2.90 bits per heavy atom. The molecule has 1 aromatic carbocycles. The quantitative estimate of drug-likeness (QED) is 0.923. The highest BCUT2D eigenvalue weighted by molar-refractivity contribution is 7.09. The first-order valence-electron chi connectivity index (χ1n) is 6.99. The van der Waals surface area contributed by atoms with Gasteiger partial charge in [0.05, 0.1) is 6.54 Å². The molecule has 0 unspecified atom stereocenters. The molecule has 1 amide bonds. The molecule has 21 heavy (non-hydrogen) atoms. The highest BCUT2D eigenvalue weighted by Gasteiger charge is 2.20. The third-order valence-corrected chi connectivity index (χ3v) is 4.21. The zero-order valence-electron chi connectivity index (χ0n) is 11.6. The molecule has 0 radical (unpaired) electrons. The van der Waals surface area contributed by atoms with E-state index in [-0.39, 0.29) is 12.0 Å². The van der Waals surface area contributed by atoms with Crippen molar-refractivity contribution in [2.45, 2.75) is 18.9 Å². The van der Waals surface area contributed by atoms with E-state index in [1.807, 2.05) is 41.8 Å². The number of hydrogen-bond acceptors (Lipinski definition) is 4. The summed E-state index contributed by atoms with van der Waals surface area (Å²) >= 11 is 1.68. The zero-order valence-corrected chi connectivity index (χ0v) is 12.4. The number of amides is 1. The van der Waals surface area contributed by atoms with Crippen LogP contribution in [0.2, 0.25) is 0 Å². The van der Waals surface area contributed by atoms with Gasteiger partial charge in [-0.3, -0.25) is 4.79 Å². The van der Waals surface area contributed by atoms with Gasteiger partial charge in [-0.25, -0.2) is 0 Å². The molecule has 1 N–H and O–H groups in total. The Hall–Kier alpha value is -2.01. The molecule has 0 bridgehead atoms. The normalized spacial score (nSPS) is 16.5. The van der Waals surface area contributed by atoms with E-state index in [0.717, 1.165) is 17.9 Å². The Morgan fingerprint density at radius 2 is 2.10 bits per heavy atom. The lowest BCUT2D eigenvalue weighted by atomic mass is 10.2. The largest absolute Gasteiger partial charge is 0.486 e. The van der Waals surface area contributed by atoms with E-state index >= 15 is 0 Å². The van der Waals surface area contributed by atoms with Crippen LogP contribution in [0, 0.1) is 0 Å². The second-order valence-corrected chi connectivity index (χ2v) is 5.91. The lowest BCUT2D eigenvalue weighted by Crippen LogP contribution is -2.40. The van der Waals surface area contributed by atoms with Gasteiger partial charge >= 0.3 is 0 Å². The van der Waals surface area contributed by atoms with E-state index in [1.165, 1.54) is 4.88 Å². The average Bonchev–Trinajstić information content (AvgIpc) is 3.04. The third kappa shape index (κ3) is 3.76. The van der Waals surface area contributed by atoms with Crippen molar-refractivity contribution in [1.29, 1.82) is 0 Å². The van der Waals surface area contributed by atoms with Gasteiger partial charge in [-0.1, -0.05) is 18.2 Å². The Bertz CT molecular complexity index is 597. The number of benzene rings is 1.